The van der Waals surface area contributed by atoms with E-state index in [0.717, 1.165) is 0 Å². The van der Waals surface area contributed by atoms with Crippen molar-refractivity contribution >= 4 is 13.3 Å². The van der Waals surface area contributed by atoms with Crippen molar-refractivity contribution < 1.29 is 0 Å². The molecule has 0 unspecified atom stereocenters. The number of rotatable bonds is 11. The van der Waals surface area contributed by atoms with E-state index in [-0.39, 0.29) is 0 Å². The summed E-state index contributed by atoms with van der Waals surface area (Å²) in [5.74, 6) is 0. The lowest BCUT2D eigenvalue weighted by atomic mass is 10.2. The number of nitriles is 1. The topological polar surface area (TPSA) is 58.5 Å². The molecule has 4 heteroatoms. The molecule has 122 valence electrons. The predicted molar refractivity (Wildman–Crippen MR) is 97.8 cm³/mol. The third kappa shape index (κ3) is 14.0. The Hall–Kier alpha value is -0.700. The van der Waals surface area contributed by atoms with E-state index in [9.17, 15) is 0 Å². The molecule has 0 aromatic carbocycles. The summed E-state index contributed by atoms with van der Waals surface area (Å²) in [7, 11) is -0.536. The lowest BCUT2D eigenvalue weighted by Gasteiger charge is -2.27. The molecule has 0 aromatic rings. The van der Waals surface area contributed by atoms with E-state index >= 15 is 0 Å². The highest BCUT2D eigenvalue weighted by Crippen LogP contribution is 2.60. The molecule has 21 heavy (non-hydrogen) atoms. The molecule has 0 amide bonds. The van der Waals surface area contributed by atoms with Crippen LogP contribution >= 0.6 is 7.26 Å². The third-order valence-electron chi connectivity index (χ3n) is 3.68. The lowest BCUT2D eigenvalue weighted by Crippen LogP contribution is -2.11. The third-order valence-corrected chi connectivity index (χ3v) is 9.13. The van der Waals surface area contributed by atoms with Crippen LogP contribution in [0.25, 0.3) is 5.41 Å². The van der Waals surface area contributed by atoms with Gasteiger partial charge in [-0.2, -0.15) is 5.26 Å². The van der Waals surface area contributed by atoms with E-state index in [2.05, 4.69) is 32.7 Å². The molecule has 0 heterocycles. The monoisotopic (exact) mass is 311 g/mol. The number of hydrogen-bond donors (Lipinski definition) is 0. The maximum atomic E-state index is 7.43. The molecule has 0 radical (unpaired) electrons. The van der Waals surface area contributed by atoms with Crippen molar-refractivity contribution in [1.29, 1.82) is 5.26 Å². The maximum absolute atomic E-state index is 7.43. The van der Waals surface area contributed by atoms with Crippen molar-refractivity contribution in [3.63, 3.8) is 0 Å². The molecular formula is C17H34N3P. The largest absolute Gasteiger partial charge is 0.422 e. The van der Waals surface area contributed by atoms with Crippen LogP contribution in [0.5, 0.6) is 0 Å². The molecule has 3 nitrogen and oxygen atoms in total. The molecular weight excluding hydrogens is 277 g/mol. The standard InChI is InChI=1S/C15H34P.C2N3/c1-5-9-10-11-15-16(12-6-2,13-7-3)14-8-4;3-1-5-2-4/h5-15H2,1-4H3;/q+1;-1. The quantitative estimate of drug-likeness (QED) is 0.199. The van der Waals surface area contributed by atoms with Gasteiger partial charge in [-0.15, -0.1) is 6.01 Å². The van der Waals surface area contributed by atoms with Crippen molar-refractivity contribution in [2.45, 2.75) is 72.6 Å². The summed E-state index contributed by atoms with van der Waals surface area (Å²) in [4.78, 5) is 2.58. The fraction of sp³-hybridized carbons (Fsp3) is 0.882. The van der Waals surface area contributed by atoms with E-state index in [1.54, 1.807) is 24.6 Å². The number of aliphatic imine (C=N–C) groups is 1. The van der Waals surface area contributed by atoms with Crippen LogP contribution in [-0.4, -0.2) is 30.7 Å². The molecule has 0 fully saturated rings. The summed E-state index contributed by atoms with van der Waals surface area (Å²) < 4.78 is 0. The minimum absolute atomic E-state index is 0.536. The Morgan fingerprint density at radius 3 is 1.62 bits per heavy atom. The first-order valence-corrected chi connectivity index (χ1v) is 11.0. The second kappa shape index (κ2) is 17.4. The van der Waals surface area contributed by atoms with Gasteiger partial charge in [0.2, 0.25) is 0 Å². The number of hydrogen-bond acceptors (Lipinski definition) is 2. The Morgan fingerprint density at radius 1 is 0.810 bits per heavy atom. The van der Waals surface area contributed by atoms with Crippen LogP contribution in [0.15, 0.2) is 4.99 Å². The molecule has 0 spiro atoms. The Morgan fingerprint density at radius 2 is 1.33 bits per heavy atom. The van der Waals surface area contributed by atoms with Gasteiger partial charge in [-0.25, -0.2) is 0 Å². The van der Waals surface area contributed by atoms with Gasteiger partial charge in [-0.3, -0.25) is 0 Å². The molecule has 0 N–H and O–H groups in total. The summed E-state index contributed by atoms with van der Waals surface area (Å²) in [6.45, 7) is 9.46. The molecule has 0 saturated carbocycles. The second-order valence-electron chi connectivity index (χ2n) is 5.61. The molecule has 0 bridgehead atoms. The van der Waals surface area contributed by atoms with Gasteiger partial charge in [0.1, 0.15) is 0 Å². The van der Waals surface area contributed by atoms with Crippen molar-refractivity contribution in [2.24, 2.45) is 4.99 Å². The zero-order valence-corrected chi connectivity index (χ0v) is 15.5. The van der Waals surface area contributed by atoms with Crippen LogP contribution in [0.4, 0.5) is 0 Å². The van der Waals surface area contributed by atoms with Gasteiger partial charge < -0.3 is 10.4 Å². The molecule has 0 atom stereocenters. The van der Waals surface area contributed by atoms with Crippen LogP contribution in [-0.2, 0) is 0 Å². The van der Waals surface area contributed by atoms with Crippen LogP contribution in [0.3, 0.4) is 0 Å². The van der Waals surface area contributed by atoms with Crippen molar-refractivity contribution in [1.82, 2.24) is 0 Å². The fourth-order valence-electron chi connectivity index (χ4n) is 2.99. The van der Waals surface area contributed by atoms with E-state index in [0.29, 0.717) is 0 Å². The molecule has 0 rings (SSSR count). The van der Waals surface area contributed by atoms with Gasteiger partial charge in [0.05, 0.1) is 30.8 Å². The summed E-state index contributed by atoms with van der Waals surface area (Å²) in [5, 5.41) is 14.9. The highest BCUT2D eigenvalue weighted by molar-refractivity contribution is 7.75. The first-order valence-electron chi connectivity index (χ1n) is 8.49. The van der Waals surface area contributed by atoms with Gasteiger partial charge in [0.15, 0.2) is 0 Å². The molecule has 0 aliphatic rings. The highest BCUT2D eigenvalue weighted by Gasteiger charge is 2.33. The molecule has 0 aliphatic heterocycles. The van der Waals surface area contributed by atoms with Crippen molar-refractivity contribution in [2.75, 3.05) is 24.6 Å². The lowest BCUT2D eigenvalue weighted by molar-refractivity contribution is 0.701. The summed E-state index contributed by atoms with van der Waals surface area (Å²) in [6.07, 6.45) is 17.7. The number of nitrogens with zero attached hydrogens (tertiary/aromatic N) is 3. The zero-order chi connectivity index (χ0) is 16.4. The SMILES string of the molecule is CCCCCC[P+](CCC)(CCC)CCC.N#CN=C=[N-]. The minimum atomic E-state index is -0.536. The summed E-state index contributed by atoms with van der Waals surface area (Å²) in [5.41, 5.74) is 0. The Bertz CT molecular complexity index is 287. The van der Waals surface area contributed by atoms with Crippen LogP contribution in [0.2, 0.25) is 0 Å². The number of unbranched alkanes of at least 4 members (excludes halogenated alkanes) is 3. The van der Waals surface area contributed by atoms with Gasteiger partial charge in [0.25, 0.3) is 0 Å². The van der Waals surface area contributed by atoms with Crippen LogP contribution in [0, 0.1) is 11.5 Å². The Labute approximate surface area is 133 Å². The van der Waals surface area contributed by atoms with Crippen LogP contribution in [0.1, 0.15) is 72.6 Å². The van der Waals surface area contributed by atoms with Crippen LogP contribution < -0.4 is 0 Å². The Kier molecular flexibility index (Phi) is 18.7. The van der Waals surface area contributed by atoms with E-state index in [1.807, 2.05) is 0 Å². The van der Waals surface area contributed by atoms with Crippen molar-refractivity contribution in [3.05, 3.63) is 5.41 Å². The molecule has 0 saturated heterocycles. The van der Waals surface area contributed by atoms with Gasteiger partial charge in [-0.1, -0.05) is 40.5 Å². The minimum Gasteiger partial charge on any atom is -0.422 e. The van der Waals surface area contributed by atoms with Gasteiger partial charge >= 0.3 is 0 Å². The van der Waals surface area contributed by atoms with E-state index in [1.165, 1.54) is 57.1 Å². The molecule has 0 aliphatic carbocycles. The average molecular weight is 311 g/mol. The molecule has 0 aromatic heterocycles. The van der Waals surface area contributed by atoms with E-state index in [4.69, 9.17) is 10.7 Å². The fourth-order valence-corrected chi connectivity index (χ4v) is 8.07. The average Bonchev–Trinajstić information content (AvgIpc) is 2.46. The highest BCUT2D eigenvalue weighted by atomic mass is 31.2. The maximum Gasteiger partial charge on any atom is 0.0925 e. The van der Waals surface area contributed by atoms with Crippen molar-refractivity contribution in [3.8, 4) is 6.19 Å². The summed E-state index contributed by atoms with van der Waals surface area (Å²) >= 11 is 0. The first-order chi connectivity index (χ1) is 10.2. The second-order valence-corrected chi connectivity index (χ2v) is 10.1. The zero-order valence-electron chi connectivity index (χ0n) is 14.6. The summed E-state index contributed by atoms with van der Waals surface area (Å²) in [6, 6.07) is 1.28. The predicted octanol–water partition coefficient (Wildman–Crippen LogP) is 6.03. The van der Waals surface area contributed by atoms with Gasteiger partial charge in [-0.05, 0) is 32.1 Å². The van der Waals surface area contributed by atoms with E-state index < -0.39 is 7.26 Å². The normalized spacial score (nSPS) is 10.0. The van der Waals surface area contributed by atoms with Gasteiger partial charge in [0, 0.05) is 7.26 Å². The smallest absolute Gasteiger partial charge is 0.0925 e. The Balaban J connectivity index is 0. The first kappa shape index (κ1) is 22.6.